The number of hydrogen-bond acceptors (Lipinski definition) is 3. The van der Waals surface area contributed by atoms with Crippen molar-refractivity contribution in [3.05, 3.63) is 53.1 Å². The number of amides is 2. The summed E-state index contributed by atoms with van der Waals surface area (Å²) in [6.07, 6.45) is -4.46. The number of anilines is 1. The molecule has 2 aromatic rings. The zero-order valence-corrected chi connectivity index (χ0v) is 14.6. The second-order valence-electron chi connectivity index (χ2n) is 6.73. The first-order valence-corrected chi connectivity index (χ1v) is 8.46. The summed E-state index contributed by atoms with van der Waals surface area (Å²) in [7, 11) is 0. The summed E-state index contributed by atoms with van der Waals surface area (Å²) < 4.78 is 50.2. The van der Waals surface area contributed by atoms with E-state index in [0.717, 1.165) is 12.1 Å². The van der Waals surface area contributed by atoms with Crippen LogP contribution >= 0.6 is 0 Å². The van der Waals surface area contributed by atoms with Crippen LogP contribution in [-0.4, -0.2) is 18.9 Å². The van der Waals surface area contributed by atoms with Crippen LogP contribution in [0.1, 0.15) is 36.6 Å². The summed E-state index contributed by atoms with van der Waals surface area (Å²) in [5, 5.41) is 2.81. The van der Waals surface area contributed by atoms with Gasteiger partial charge in [-0.25, -0.2) is 4.79 Å². The molecule has 142 valence electrons. The van der Waals surface area contributed by atoms with Crippen LogP contribution in [0, 0.1) is 0 Å². The average Bonchev–Trinajstić information content (AvgIpc) is 3.05. The molecule has 8 heteroatoms. The second kappa shape index (κ2) is 6.07. The molecule has 1 N–H and O–H groups in total. The fourth-order valence-corrected chi connectivity index (χ4v) is 3.44. The maximum absolute atomic E-state index is 13.1. The molecule has 0 radical (unpaired) electrons. The van der Waals surface area contributed by atoms with E-state index in [4.69, 9.17) is 9.47 Å². The number of alkyl halides is 3. The first-order valence-electron chi connectivity index (χ1n) is 8.46. The molecule has 2 heterocycles. The van der Waals surface area contributed by atoms with Crippen molar-refractivity contribution in [2.45, 2.75) is 32.1 Å². The number of nitrogens with zero attached hydrogens (tertiary/aromatic N) is 1. The normalized spacial score (nSPS) is 18.5. The van der Waals surface area contributed by atoms with Gasteiger partial charge in [-0.1, -0.05) is 12.1 Å². The van der Waals surface area contributed by atoms with Gasteiger partial charge in [-0.2, -0.15) is 13.2 Å². The highest BCUT2D eigenvalue weighted by atomic mass is 19.4. The van der Waals surface area contributed by atoms with Crippen molar-refractivity contribution in [2.75, 3.05) is 11.7 Å². The van der Waals surface area contributed by atoms with Gasteiger partial charge in [-0.15, -0.1) is 0 Å². The Balaban J connectivity index is 1.86. The van der Waals surface area contributed by atoms with E-state index in [1.165, 1.54) is 6.07 Å². The van der Waals surface area contributed by atoms with Crippen molar-refractivity contribution >= 4 is 11.7 Å². The molecule has 0 fully saturated rings. The van der Waals surface area contributed by atoms with E-state index in [-0.39, 0.29) is 18.9 Å². The highest BCUT2D eigenvalue weighted by Crippen LogP contribution is 2.45. The Morgan fingerprint density at radius 3 is 2.52 bits per heavy atom. The highest BCUT2D eigenvalue weighted by molar-refractivity contribution is 5.97. The van der Waals surface area contributed by atoms with E-state index < -0.39 is 17.8 Å². The second-order valence-corrected chi connectivity index (χ2v) is 6.73. The Morgan fingerprint density at radius 1 is 1.15 bits per heavy atom. The minimum Gasteiger partial charge on any atom is -0.454 e. The van der Waals surface area contributed by atoms with Crippen LogP contribution in [0.5, 0.6) is 11.5 Å². The molecule has 5 nitrogen and oxygen atoms in total. The molecule has 2 aliphatic heterocycles. The molecular formula is C19H17F3N2O3. The summed E-state index contributed by atoms with van der Waals surface area (Å²) in [5.41, 5.74) is 0.844. The predicted octanol–water partition coefficient (Wildman–Crippen LogP) is 4.46. The van der Waals surface area contributed by atoms with Crippen molar-refractivity contribution in [3.8, 4) is 11.5 Å². The number of rotatable bonds is 2. The molecule has 1 unspecified atom stereocenters. The molecule has 27 heavy (non-hydrogen) atoms. The van der Waals surface area contributed by atoms with Crippen LogP contribution in [0.3, 0.4) is 0 Å². The number of carbonyl (C=O) groups is 1. The van der Waals surface area contributed by atoms with Crippen LogP contribution in [0.25, 0.3) is 0 Å². The number of carbonyl (C=O) groups excluding carboxylic acids is 1. The summed E-state index contributed by atoms with van der Waals surface area (Å²) in [5.74, 6) is 1.02. The fraction of sp³-hybridized carbons (Fsp3) is 0.316. The molecule has 0 aliphatic carbocycles. The van der Waals surface area contributed by atoms with Gasteiger partial charge in [-0.05, 0) is 37.6 Å². The van der Waals surface area contributed by atoms with E-state index in [1.807, 2.05) is 13.8 Å². The van der Waals surface area contributed by atoms with Crippen LogP contribution < -0.4 is 19.7 Å². The molecule has 0 bridgehead atoms. The third-order valence-electron chi connectivity index (χ3n) is 4.64. The van der Waals surface area contributed by atoms with Gasteiger partial charge in [-0.3, -0.25) is 4.90 Å². The number of fused-ring (bicyclic) bond motifs is 2. The van der Waals surface area contributed by atoms with E-state index in [1.54, 1.807) is 23.1 Å². The van der Waals surface area contributed by atoms with Crippen LogP contribution in [-0.2, 0) is 6.18 Å². The van der Waals surface area contributed by atoms with Crippen molar-refractivity contribution in [2.24, 2.45) is 0 Å². The summed E-state index contributed by atoms with van der Waals surface area (Å²) in [6, 6.07) is 7.16. The quantitative estimate of drug-likeness (QED) is 0.839. The van der Waals surface area contributed by atoms with Crippen molar-refractivity contribution in [3.63, 3.8) is 0 Å². The van der Waals surface area contributed by atoms with Crippen LogP contribution in [0.4, 0.5) is 23.7 Å². The number of urea groups is 1. The molecule has 1 atom stereocenters. The number of halogens is 3. The van der Waals surface area contributed by atoms with Gasteiger partial charge in [0.15, 0.2) is 11.5 Å². The lowest BCUT2D eigenvalue weighted by Gasteiger charge is -2.37. The van der Waals surface area contributed by atoms with Crippen molar-refractivity contribution in [1.82, 2.24) is 5.32 Å². The topological polar surface area (TPSA) is 50.8 Å². The number of hydrogen-bond donors (Lipinski definition) is 1. The largest absolute Gasteiger partial charge is 0.454 e. The Bertz CT molecular complexity index is 912. The number of ether oxygens (including phenoxy) is 2. The van der Waals surface area contributed by atoms with Gasteiger partial charge in [0.1, 0.15) is 0 Å². The maximum Gasteiger partial charge on any atom is 0.416 e. The van der Waals surface area contributed by atoms with E-state index >= 15 is 0 Å². The fourth-order valence-electron chi connectivity index (χ4n) is 3.44. The number of nitrogens with one attached hydrogen (secondary N) is 1. The Hall–Kier alpha value is -2.90. The maximum atomic E-state index is 13.1. The number of benzene rings is 2. The van der Waals surface area contributed by atoms with E-state index in [9.17, 15) is 18.0 Å². The lowest BCUT2D eigenvalue weighted by Crippen LogP contribution is -2.50. The molecule has 0 spiro atoms. The third-order valence-corrected chi connectivity index (χ3v) is 4.64. The predicted molar refractivity (Wildman–Crippen MR) is 92.0 cm³/mol. The van der Waals surface area contributed by atoms with Gasteiger partial charge < -0.3 is 14.8 Å². The van der Waals surface area contributed by atoms with Crippen molar-refractivity contribution in [1.29, 1.82) is 0 Å². The van der Waals surface area contributed by atoms with Crippen molar-refractivity contribution < 1.29 is 27.4 Å². The monoisotopic (exact) mass is 378 g/mol. The Morgan fingerprint density at radius 2 is 1.85 bits per heavy atom. The lowest BCUT2D eigenvalue weighted by atomic mass is 9.92. The highest BCUT2D eigenvalue weighted by Gasteiger charge is 2.37. The molecule has 0 aromatic heterocycles. The Kier molecular flexibility index (Phi) is 3.94. The van der Waals surface area contributed by atoms with Crippen LogP contribution in [0.2, 0.25) is 0 Å². The molecule has 2 amide bonds. The molecule has 2 aromatic carbocycles. The van der Waals surface area contributed by atoms with Gasteiger partial charge in [0.05, 0.1) is 17.3 Å². The minimum absolute atomic E-state index is 0.0650. The zero-order chi connectivity index (χ0) is 19.3. The minimum atomic E-state index is -4.46. The van der Waals surface area contributed by atoms with Gasteiger partial charge in [0.2, 0.25) is 6.79 Å². The van der Waals surface area contributed by atoms with Gasteiger partial charge in [0, 0.05) is 17.7 Å². The lowest BCUT2D eigenvalue weighted by molar-refractivity contribution is -0.137. The van der Waals surface area contributed by atoms with E-state index in [0.29, 0.717) is 28.3 Å². The van der Waals surface area contributed by atoms with E-state index in [2.05, 4.69) is 5.32 Å². The third kappa shape index (κ3) is 2.94. The summed E-state index contributed by atoms with van der Waals surface area (Å²) in [6.45, 7) is 3.78. The summed E-state index contributed by atoms with van der Waals surface area (Å²) in [4.78, 5) is 14.2. The SMILES string of the molecule is CC(C)N1C(=O)NC(c2cccc(C(F)(F)F)c2)c2cc3c(cc21)OCO3. The van der Waals surface area contributed by atoms with Crippen LogP contribution in [0.15, 0.2) is 36.4 Å². The molecule has 2 aliphatic rings. The standard InChI is InChI=1S/C19H17F3N2O3/c1-10(2)24-14-8-16-15(26-9-27-16)7-13(14)17(23-18(24)25)11-4-3-5-12(6-11)19(20,21)22/h3-8,10,17H,9H2,1-2H3,(H,23,25). The molecule has 0 saturated heterocycles. The van der Waals surface area contributed by atoms with Gasteiger partial charge in [0.25, 0.3) is 0 Å². The molecular weight excluding hydrogens is 361 g/mol. The summed E-state index contributed by atoms with van der Waals surface area (Å²) >= 11 is 0. The Labute approximate surface area is 153 Å². The average molecular weight is 378 g/mol. The van der Waals surface area contributed by atoms with Gasteiger partial charge >= 0.3 is 12.2 Å². The smallest absolute Gasteiger partial charge is 0.416 e. The first kappa shape index (κ1) is 17.5. The molecule has 0 saturated carbocycles. The zero-order valence-electron chi connectivity index (χ0n) is 14.6. The first-order chi connectivity index (χ1) is 12.8. The molecule has 4 rings (SSSR count).